The van der Waals surface area contributed by atoms with Crippen LogP contribution < -0.4 is 4.90 Å². The van der Waals surface area contributed by atoms with Gasteiger partial charge in [0.25, 0.3) is 0 Å². The standard InChI is InChI=1S/C13H20N2O/c1-10(2)12-4-3-7-15(12)13-8-11(9-16)5-6-14-13/h5-6,8,10,12,16H,3-4,7,9H2,1-2H3. The maximum atomic E-state index is 9.13. The van der Waals surface area contributed by atoms with Crippen molar-refractivity contribution in [3.05, 3.63) is 23.9 Å². The Morgan fingerprint density at radius 2 is 2.38 bits per heavy atom. The molecule has 0 spiro atoms. The van der Waals surface area contributed by atoms with E-state index in [-0.39, 0.29) is 6.61 Å². The molecule has 0 aromatic carbocycles. The highest BCUT2D eigenvalue weighted by Crippen LogP contribution is 2.28. The van der Waals surface area contributed by atoms with Gasteiger partial charge in [0.15, 0.2) is 0 Å². The Hall–Kier alpha value is -1.09. The smallest absolute Gasteiger partial charge is 0.129 e. The summed E-state index contributed by atoms with van der Waals surface area (Å²) in [4.78, 5) is 6.80. The van der Waals surface area contributed by atoms with Crippen molar-refractivity contribution >= 4 is 5.82 Å². The fraction of sp³-hybridized carbons (Fsp3) is 0.615. The summed E-state index contributed by atoms with van der Waals surface area (Å²) in [5.74, 6) is 1.67. The first-order valence-electron chi connectivity index (χ1n) is 6.05. The highest BCUT2D eigenvalue weighted by atomic mass is 16.3. The van der Waals surface area contributed by atoms with E-state index in [0.717, 1.165) is 17.9 Å². The maximum absolute atomic E-state index is 9.13. The van der Waals surface area contributed by atoms with Gasteiger partial charge in [0.05, 0.1) is 6.61 Å². The monoisotopic (exact) mass is 220 g/mol. The van der Waals surface area contributed by atoms with Gasteiger partial charge in [0.1, 0.15) is 5.82 Å². The molecule has 1 N–H and O–H groups in total. The van der Waals surface area contributed by atoms with Crippen LogP contribution in [-0.4, -0.2) is 22.7 Å². The Bertz CT molecular complexity index is 352. The lowest BCUT2D eigenvalue weighted by molar-refractivity contribution is 0.281. The average Bonchev–Trinajstić information content (AvgIpc) is 2.78. The first-order chi connectivity index (χ1) is 7.72. The molecule has 0 radical (unpaired) electrons. The number of hydrogen-bond donors (Lipinski definition) is 1. The molecule has 2 rings (SSSR count). The topological polar surface area (TPSA) is 36.4 Å². The lowest BCUT2D eigenvalue weighted by Gasteiger charge is -2.28. The Balaban J connectivity index is 2.22. The first kappa shape index (κ1) is 11.4. The third-order valence-electron chi connectivity index (χ3n) is 3.36. The van der Waals surface area contributed by atoms with Crippen LogP contribution in [0.5, 0.6) is 0 Å². The lowest BCUT2D eigenvalue weighted by Crippen LogP contribution is -2.33. The van der Waals surface area contributed by atoms with Gasteiger partial charge in [-0.3, -0.25) is 0 Å². The molecule has 1 saturated heterocycles. The molecule has 1 unspecified atom stereocenters. The van der Waals surface area contributed by atoms with Gasteiger partial charge in [-0.2, -0.15) is 0 Å². The summed E-state index contributed by atoms with van der Waals surface area (Å²) in [7, 11) is 0. The van der Waals surface area contributed by atoms with Gasteiger partial charge >= 0.3 is 0 Å². The minimum atomic E-state index is 0.0930. The van der Waals surface area contributed by atoms with Crippen LogP contribution in [-0.2, 0) is 6.61 Å². The molecule has 1 aromatic heterocycles. The summed E-state index contributed by atoms with van der Waals surface area (Å²) in [5.41, 5.74) is 0.944. The Labute approximate surface area is 97.1 Å². The van der Waals surface area contributed by atoms with Crippen LogP contribution in [0.3, 0.4) is 0 Å². The van der Waals surface area contributed by atoms with E-state index in [4.69, 9.17) is 5.11 Å². The van der Waals surface area contributed by atoms with E-state index >= 15 is 0 Å². The van der Waals surface area contributed by atoms with Crippen molar-refractivity contribution in [3.63, 3.8) is 0 Å². The molecule has 0 amide bonds. The second-order valence-electron chi connectivity index (χ2n) is 4.83. The quantitative estimate of drug-likeness (QED) is 0.848. The highest BCUT2D eigenvalue weighted by Gasteiger charge is 2.27. The van der Waals surface area contributed by atoms with E-state index in [1.165, 1.54) is 12.8 Å². The predicted molar refractivity (Wildman–Crippen MR) is 65.4 cm³/mol. The van der Waals surface area contributed by atoms with Crippen molar-refractivity contribution in [2.75, 3.05) is 11.4 Å². The normalized spacial score (nSPS) is 20.8. The summed E-state index contributed by atoms with van der Waals surface area (Å²) in [6, 6.07) is 4.46. The van der Waals surface area contributed by atoms with Crippen molar-refractivity contribution in [2.45, 2.75) is 39.3 Å². The van der Waals surface area contributed by atoms with Crippen LogP contribution in [0.1, 0.15) is 32.3 Å². The molecular weight excluding hydrogens is 200 g/mol. The van der Waals surface area contributed by atoms with Crippen LogP contribution in [0.15, 0.2) is 18.3 Å². The summed E-state index contributed by atoms with van der Waals surface area (Å²) < 4.78 is 0. The second kappa shape index (κ2) is 4.83. The molecule has 0 aliphatic carbocycles. The fourth-order valence-electron chi connectivity index (χ4n) is 2.49. The van der Waals surface area contributed by atoms with Crippen molar-refractivity contribution < 1.29 is 5.11 Å². The van der Waals surface area contributed by atoms with Gasteiger partial charge < -0.3 is 10.0 Å². The number of rotatable bonds is 3. The molecule has 1 atom stereocenters. The SMILES string of the molecule is CC(C)C1CCCN1c1cc(CO)ccn1. The molecule has 16 heavy (non-hydrogen) atoms. The van der Waals surface area contributed by atoms with E-state index < -0.39 is 0 Å². The Morgan fingerprint density at radius 1 is 1.56 bits per heavy atom. The van der Waals surface area contributed by atoms with Crippen LogP contribution in [0, 0.1) is 5.92 Å². The number of aromatic nitrogens is 1. The zero-order valence-electron chi connectivity index (χ0n) is 10.1. The number of aliphatic hydroxyl groups excluding tert-OH is 1. The number of pyridine rings is 1. The minimum absolute atomic E-state index is 0.0930. The van der Waals surface area contributed by atoms with Crippen LogP contribution in [0.25, 0.3) is 0 Å². The Morgan fingerprint density at radius 3 is 3.06 bits per heavy atom. The van der Waals surface area contributed by atoms with Gasteiger partial charge in [0.2, 0.25) is 0 Å². The van der Waals surface area contributed by atoms with Crippen LogP contribution >= 0.6 is 0 Å². The number of nitrogens with zero attached hydrogens (tertiary/aromatic N) is 2. The molecular formula is C13H20N2O. The molecule has 88 valence electrons. The van der Waals surface area contributed by atoms with E-state index in [1.807, 2.05) is 12.1 Å². The molecule has 1 fully saturated rings. The molecule has 0 saturated carbocycles. The molecule has 3 heteroatoms. The minimum Gasteiger partial charge on any atom is -0.392 e. The molecule has 1 aromatic rings. The van der Waals surface area contributed by atoms with Gasteiger partial charge in [-0.15, -0.1) is 0 Å². The van der Waals surface area contributed by atoms with Gasteiger partial charge in [-0.25, -0.2) is 4.98 Å². The van der Waals surface area contributed by atoms with Gasteiger partial charge in [-0.1, -0.05) is 13.8 Å². The van der Waals surface area contributed by atoms with Crippen molar-refractivity contribution in [2.24, 2.45) is 5.92 Å². The summed E-state index contributed by atoms with van der Waals surface area (Å²) in [6.45, 7) is 5.71. The maximum Gasteiger partial charge on any atom is 0.129 e. The van der Waals surface area contributed by atoms with E-state index in [0.29, 0.717) is 12.0 Å². The molecule has 1 aliphatic heterocycles. The zero-order valence-corrected chi connectivity index (χ0v) is 10.1. The van der Waals surface area contributed by atoms with Crippen molar-refractivity contribution in [3.8, 4) is 0 Å². The second-order valence-corrected chi connectivity index (χ2v) is 4.83. The van der Waals surface area contributed by atoms with E-state index in [1.54, 1.807) is 6.20 Å². The third kappa shape index (κ3) is 2.19. The van der Waals surface area contributed by atoms with E-state index in [9.17, 15) is 0 Å². The van der Waals surface area contributed by atoms with Gasteiger partial charge in [0, 0.05) is 18.8 Å². The van der Waals surface area contributed by atoms with E-state index in [2.05, 4.69) is 23.7 Å². The molecule has 2 heterocycles. The van der Waals surface area contributed by atoms with Crippen molar-refractivity contribution in [1.82, 2.24) is 4.98 Å². The highest BCUT2D eigenvalue weighted by molar-refractivity contribution is 5.43. The summed E-state index contributed by atoms with van der Waals surface area (Å²) in [6.07, 6.45) is 4.28. The average molecular weight is 220 g/mol. The van der Waals surface area contributed by atoms with Crippen molar-refractivity contribution in [1.29, 1.82) is 0 Å². The molecule has 1 aliphatic rings. The van der Waals surface area contributed by atoms with Gasteiger partial charge in [-0.05, 0) is 36.5 Å². The lowest BCUT2D eigenvalue weighted by atomic mass is 10.0. The largest absolute Gasteiger partial charge is 0.392 e. The summed E-state index contributed by atoms with van der Waals surface area (Å²) in [5, 5.41) is 9.13. The zero-order chi connectivity index (χ0) is 11.5. The predicted octanol–water partition coefficient (Wildman–Crippen LogP) is 2.20. The number of anilines is 1. The third-order valence-corrected chi connectivity index (χ3v) is 3.36. The summed E-state index contributed by atoms with van der Waals surface area (Å²) >= 11 is 0. The molecule has 3 nitrogen and oxygen atoms in total. The van der Waals surface area contributed by atoms with Crippen LogP contribution in [0.2, 0.25) is 0 Å². The fourth-order valence-corrected chi connectivity index (χ4v) is 2.49. The van der Waals surface area contributed by atoms with Crippen LogP contribution in [0.4, 0.5) is 5.82 Å². The molecule has 0 bridgehead atoms. The number of aliphatic hydroxyl groups is 1. The number of hydrogen-bond acceptors (Lipinski definition) is 3. The Kier molecular flexibility index (Phi) is 3.44. The first-order valence-corrected chi connectivity index (χ1v) is 6.05.